The van der Waals surface area contributed by atoms with Crippen LogP contribution in [0.15, 0.2) is 29.2 Å². The van der Waals surface area contributed by atoms with Crippen LogP contribution in [-0.4, -0.2) is 31.4 Å². The average Bonchev–Trinajstić information content (AvgIpc) is 2.48. The lowest BCUT2D eigenvalue weighted by molar-refractivity contribution is -0.131. The van der Waals surface area contributed by atoms with E-state index in [0.717, 1.165) is 24.8 Å². The van der Waals surface area contributed by atoms with Crippen molar-refractivity contribution in [2.24, 2.45) is 11.8 Å². The Hall–Kier alpha value is -1.40. The highest BCUT2D eigenvalue weighted by Gasteiger charge is 2.28. The number of hydrogen-bond acceptors (Lipinski definition) is 4. The van der Waals surface area contributed by atoms with Crippen LogP contribution < -0.4 is 5.32 Å². The zero-order valence-electron chi connectivity index (χ0n) is 13.7. The first-order valence-corrected chi connectivity index (χ1v) is 9.70. The van der Waals surface area contributed by atoms with Crippen molar-refractivity contribution in [3.05, 3.63) is 29.8 Å². The lowest BCUT2D eigenvalue weighted by Gasteiger charge is -2.29. The molecule has 0 saturated heterocycles. The first-order valence-electron chi connectivity index (χ1n) is 8.05. The van der Waals surface area contributed by atoms with Crippen LogP contribution in [0, 0.1) is 18.8 Å². The minimum Gasteiger partial charge on any atom is -0.383 e. The van der Waals surface area contributed by atoms with Crippen molar-refractivity contribution in [1.29, 1.82) is 0 Å². The van der Waals surface area contributed by atoms with Gasteiger partial charge in [-0.3, -0.25) is 4.79 Å². The SMILES string of the molecule is Cc1ccc(S(=O)(=O)CNC(=O)C(O)C(C)CC2CCC2)cc1. The van der Waals surface area contributed by atoms with E-state index in [1.54, 1.807) is 12.1 Å². The van der Waals surface area contributed by atoms with E-state index in [2.05, 4.69) is 5.32 Å². The van der Waals surface area contributed by atoms with E-state index in [1.807, 2.05) is 13.8 Å². The summed E-state index contributed by atoms with van der Waals surface area (Å²) in [6, 6.07) is 6.47. The molecule has 1 aromatic carbocycles. The molecule has 2 unspecified atom stereocenters. The highest BCUT2D eigenvalue weighted by molar-refractivity contribution is 7.91. The van der Waals surface area contributed by atoms with Gasteiger partial charge in [-0.1, -0.05) is 43.9 Å². The van der Waals surface area contributed by atoms with Gasteiger partial charge in [-0.25, -0.2) is 8.42 Å². The maximum atomic E-state index is 12.2. The van der Waals surface area contributed by atoms with Crippen molar-refractivity contribution >= 4 is 15.7 Å². The number of carbonyl (C=O) groups excluding carboxylic acids is 1. The fourth-order valence-corrected chi connectivity index (χ4v) is 3.79. The molecule has 2 rings (SSSR count). The minimum atomic E-state index is -3.59. The maximum absolute atomic E-state index is 12.2. The fraction of sp³-hybridized carbons (Fsp3) is 0.588. The number of benzene rings is 1. The summed E-state index contributed by atoms with van der Waals surface area (Å²) in [5.74, 6) is -0.694. The molecule has 0 spiro atoms. The van der Waals surface area contributed by atoms with Crippen LogP contribution >= 0.6 is 0 Å². The molecule has 2 atom stereocenters. The molecule has 0 aromatic heterocycles. The Morgan fingerprint density at radius 3 is 2.43 bits per heavy atom. The minimum absolute atomic E-state index is 0.164. The number of sulfone groups is 1. The number of rotatable bonds is 7. The van der Waals surface area contributed by atoms with Gasteiger partial charge in [0.15, 0.2) is 9.84 Å². The van der Waals surface area contributed by atoms with Gasteiger partial charge in [-0.15, -0.1) is 0 Å². The van der Waals surface area contributed by atoms with Crippen LogP contribution in [0.4, 0.5) is 0 Å². The number of nitrogens with one attached hydrogen (secondary N) is 1. The van der Waals surface area contributed by atoms with Crippen LogP contribution in [0.5, 0.6) is 0 Å². The summed E-state index contributed by atoms with van der Waals surface area (Å²) in [7, 11) is -3.59. The monoisotopic (exact) mass is 339 g/mol. The van der Waals surface area contributed by atoms with Gasteiger partial charge in [-0.05, 0) is 37.3 Å². The van der Waals surface area contributed by atoms with Gasteiger partial charge >= 0.3 is 0 Å². The molecule has 2 N–H and O–H groups in total. The third-order valence-electron chi connectivity index (χ3n) is 4.55. The highest BCUT2D eigenvalue weighted by Crippen LogP contribution is 2.33. The quantitative estimate of drug-likeness (QED) is 0.796. The molecule has 0 aliphatic heterocycles. The van der Waals surface area contributed by atoms with Crippen molar-refractivity contribution in [2.45, 2.75) is 50.5 Å². The van der Waals surface area contributed by atoms with Gasteiger partial charge in [-0.2, -0.15) is 0 Å². The van der Waals surface area contributed by atoms with Crippen LogP contribution in [0.1, 0.15) is 38.2 Å². The van der Waals surface area contributed by atoms with Crippen molar-refractivity contribution in [2.75, 3.05) is 5.88 Å². The van der Waals surface area contributed by atoms with Crippen molar-refractivity contribution in [1.82, 2.24) is 5.32 Å². The molecule has 1 aromatic rings. The molecule has 1 saturated carbocycles. The van der Waals surface area contributed by atoms with E-state index in [9.17, 15) is 18.3 Å². The summed E-state index contributed by atoms with van der Waals surface area (Å²) in [6.45, 7) is 3.70. The summed E-state index contributed by atoms with van der Waals surface area (Å²) >= 11 is 0. The number of carbonyl (C=O) groups is 1. The Labute approximate surface area is 138 Å². The van der Waals surface area contributed by atoms with Crippen molar-refractivity contribution in [3.8, 4) is 0 Å². The van der Waals surface area contributed by atoms with Gasteiger partial charge in [0.1, 0.15) is 12.0 Å². The lowest BCUT2D eigenvalue weighted by atomic mass is 9.78. The topological polar surface area (TPSA) is 83.5 Å². The second-order valence-corrected chi connectivity index (χ2v) is 8.56. The lowest BCUT2D eigenvalue weighted by Crippen LogP contribution is -2.41. The molecule has 6 heteroatoms. The van der Waals surface area contributed by atoms with Gasteiger partial charge in [0.05, 0.1) is 4.90 Å². The summed E-state index contributed by atoms with van der Waals surface area (Å²) < 4.78 is 24.4. The Morgan fingerprint density at radius 2 is 1.91 bits per heavy atom. The smallest absolute Gasteiger partial charge is 0.249 e. The van der Waals surface area contributed by atoms with Crippen LogP contribution in [-0.2, 0) is 14.6 Å². The molecule has 1 amide bonds. The number of aliphatic hydroxyl groups is 1. The number of aryl methyl sites for hydroxylation is 1. The molecular formula is C17H25NO4S. The summed E-state index contributed by atoms with van der Waals surface area (Å²) in [4.78, 5) is 12.1. The fourth-order valence-electron chi connectivity index (χ4n) is 2.74. The van der Waals surface area contributed by atoms with E-state index in [0.29, 0.717) is 5.92 Å². The molecule has 1 aliphatic rings. The Balaban J connectivity index is 1.88. The van der Waals surface area contributed by atoms with Gasteiger partial charge in [0.25, 0.3) is 0 Å². The Kier molecular flexibility index (Phi) is 5.81. The van der Waals surface area contributed by atoms with E-state index < -0.39 is 27.7 Å². The summed E-state index contributed by atoms with van der Waals surface area (Å²) in [6.07, 6.45) is 3.16. The molecule has 0 heterocycles. The molecular weight excluding hydrogens is 314 g/mol. The highest BCUT2D eigenvalue weighted by atomic mass is 32.2. The predicted octanol–water partition coefficient (Wildman–Crippen LogP) is 2.03. The first kappa shape index (κ1) is 17.9. The molecule has 1 fully saturated rings. The number of hydrogen-bond donors (Lipinski definition) is 2. The Morgan fingerprint density at radius 1 is 1.30 bits per heavy atom. The number of amides is 1. The first-order chi connectivity index (χ1) is 10.8. The van der Waals surface area contributed by atoms with E-state index >= 15 is 0 Å². The molecule has 5 nitrogen and oxygen atoms in total. The predicted molar refractivity (Wildman–Crippen MR) is 88.5 cm³/mol. The molecule has 0 bridgehead atoms. The molecule has 1 aliphatic carbocycles. The Bertz CT molecular complexity index is 635. The summed E-state index contributed by atoms with van der Waals surface area (Å²) in [5, 5.41) is 12.4. The summed E-state index contributed by atoms with van der Waals surface area (Å²) in [5.41, 5.74) is 0.966. The second-order valence-electron chi connectivity index (χ2n) is 6.57. The largest absolute Gasteiger partial charge is 0.383 e. The molecule has 0 radical (unpaired) electrons. The van der Waals surface area contributed by atoms with Gasteiger partial charge in [0, 0.05) is 0 Å². The number of aliphatic hydroxyl groups excluding tert-OH is 1. The second kappa shape index (κ2) is 7.45. The molecule has 128 valence electrons. The van der Waals surface area contributed by atoms with Crippen LogP contribution in [0.3, 0.4) is 0 Å². The van der Waals surface area contributed by atoms with Crippen LogP contribution in [0.2, 0.25) is 0 Å². The van der Waals surface area contributed by atoms with Crippen molar-refractivity contribution < 1.29 is 18.3 Å². The van der Waals surface area contributed by atoms with Crippen molar-refractivity contribution in [3.63, 3.8) is 0 Å². The average molecular weight is 339 g/mol. The third-order valence-corrected chi connectivity index (χ3v) is 6.07. The van der Waals surface area contributed by atoms with E-state index in [1.165, 1.54) is 18.6 Å². The molecule has 23 heavy (non-hydrogen) atoms. The standard InChI is InChI=1S/C17H25NO4S/c1-12-6-8-15(9-7-12)23(21,22)11-18-17(20)16(19)13(2)10-14-4-3-5-14/h6-9,13-14,16,19H,3-5,10-11H2,1-2H3,(H,18,20). The zero-order chi connectivity index (χ0) is 17.0. The normalized spacial score (nSPS) is 18.0. The zero-order valence-corrected chi connectivity index (χ0v) is 14.5. The van der Waals surface area contributed by atoms with Crippen LogP contribution in [0.25, 0.3) is 0 Å². The van der Waals surface area contributed by atoms with Gasteiger partial charge in [0.2, 0.25) is 5.91 Å². The van der Waals surface area contributed by atoms with E-state index in [4.69, 9.17) is 0 Å². The third kappa shape index (κ3) is 4.78. The van der Waals surface area contributed by atoms with Gasteiger partial charge < -0.3 is 10.4 Å². The maximum Gasteiger partial charge on any atom is 0.249 e. The van der Waals surface area contributed by atoms with E-state index in [-0.39, 0.29) is 10.8 Å².